The van der Waals surface area contributed by atoms with Crippen molar-refractivity contribution in [2.75, 3.05) is 11.9 Å². The molecule has 1 heterocycles. The van der Waals surface area contributed by atoms with Gasteiger partial charge < -0.3 is 15.0 Å². The minimum Gasteiger partial charge on any atom is -0.462 e. The molecule has 0 saturated carbocycles. The summed E-state index contributed by atoms with van der Waals surface area (Å²) in [6.45, 7) is 2.35. The third kappa shape index (κ3) is 4.29. The maximum atomic E-state index is 12.2. The fourth-order valence-electron chi connectivity index (χ4n) is 1.96. The van der Waals surface area contributed by atoms with Crippen LogP contribution in [0.1, 0.15) is 51.0 Å². The average molecular weight is 314 g/mol. The first kappa shape index (κ1) is 16.5. The summed E-state index contributed by atoms with van der Waals surface area (Å²) in [6.07, 6.45) is 3.80. The van der Waals surface area contributed by atoms with Gasteiger partial charge in [0, 0.05) is 11.8 Å². The summed E-state index contributed by atoms with van der Waals surface area (Å²) in [5.74, 6) is -0.915. The number of carbonyl (C=O) groups is 3. The Balaban J connectivity index is 2.11. The SMILES string of the molecule is CCCCOC(=O)c1ccccc1NC(=O)c1cc(C=O)c[nH]1. The molecule has 23 heavy (non-hydrogen) atoms. The lowest BCUT2D eigenvalue weighted by atomic mass is 10.1. The van der Waals surface area contributed by atoms with Gasteiger partial charge >= 0.3 is 5.97 Å². The largest absolute Gasteiger partial charge is 0.462 e. The molecule has 0 radical (unpaired) electrons. The molecule has 0 unspecified atom stereocenters. The number of aromatic nitrogens is 1. The zero-order chi connectivity index (χ0) is 16.7. The Hall–Kier alpha value is -2.89. The molecular weight excluding hydrogens is 296 g/mol. The molecule has 1 aromatic carbocycles. The monoisotopic (exact) mass is 314 g/mol. The van der Waals surface area contributed by atoms with Crippen molar-refractivity contribution in [2.24, 2.45) is 0 Å². The molecule has 1 amide bonds. The summed E-state index contributed by atoms with van der Waals surface area (Å²) in [6, 6.07) is 8.06. The van der Waals surface area contributed by atoms with E-state index in [1.165, 1.54) is 12.3 Å². The second-order valence-corrected chi connectivity index (χ2v) is 4.95. The van der Waals surface area contributed by atoms with Crippen LogP contribution in [-0.2, 0) is 4.74 Å². The van der Waals surface area contributed by atoms with Crippen LogP contribution in [0.5, 0.6) is 0 Å². The van der Waals surface area contributed by atoms with Gasteiger partial charge in [-0.3, -0.25) is 9.59 Å². The molecule has 0 spiro atoms. The molecule has 0 aliphatic heterocycles. The lowest BCUT2D eigenvalue weighted by Gasteiger charge is -2.10. The highest BCUT2D eigenvalue weighted by Crippen LogP contribution is 2.17. The van der Waals surface area contributed by atoms with Crippen LogP contribution in [0.2, 0.25) is 0 Å². The van der Waals surface area contributed by atoms with E-state index in [2.05, 4.69) is 10.3 Å². The van der Waals surface area contributed by atoms with Crippen LogP contribution < -0.4 is 5.32 Å². The van der Waals surface area contributed by atoms with Crippen molar-refractivity contribution in [1.29, 1.82) is 0 Å². The number of esters is 1. The number of unbranched alkanes of at least 4 members (excludes halogenated alkanes) is 1. The Morgan fingerprint density at radius 3 is 2.78 bits per heavy atom. The molecule has 0 aliphatic rings. The molecule has 0 saturated heterocycles. The standard InChI is InChI=1S/C17H18N2O4/c1-2-3-8-23-17(22)13-6-4-5-7-14(13)19-16(21)15-9-12(11-20)10-18-15/h4-7,9-11,18H,2-3,8H2,1H3,(H,19,21). The highest BCUT2D eigenvalue weighted by Gasteiger charge is 2.16. The van der Waals surface area contributed by atoms with E-state index < -0.39 is 11.9 Å². The molecule has 6 nitrogen and oxygen atoms in total. The van der Waals surface area contributed by atoms with Crippen LogP contribution in [0, 0.1) is 0 Å². The van der Waals surface area contributed by atoms with Crippen molar-refractivity contribution in [3.63, 3.8) is 0 Å². The number of anilines is 1. The Morgan fingerprint density at radius 2 is 2.09 bits per heavy atom. The molecule has 0 bridgehead atoms. The first-order chi connectivity index (χ1) is 11.2. The summed E-state index contributed by atoms with van der Waals surface area (Å²) in [7, 11) is 0. The number of aromatic amines is 1. The van der Waals surface area contributed by atoms with Crippen LogP contribution in [-0.4, -0.2) is 29.8 Å². The molecule has 0 aliphatic carbocycles. The average Bonchev–Trinajstić information content (AvgIpc) is 3.04. The smallest absolute Gasteiger partial charge is 0.340 e. The normalized spacial score (nSPS) is 10.1. The fourth-order valence-corrected chi connectivity index (χ4v) is 1.96. The predicted octanol–water partition coefficient (Wildman–Crippen LogP) is 3.04. The Kier molecular flexibility index (Phi) is 5.68. The quantitative estimate of drug-likeness (QED) is 0.467. The van der Waals surface area contributed by atoms with E-state index in [4.69, 9.17) is 4.74 Å². The van der Waals surface area contributed by atoms with Gasteiger partial charge in [0.05, 0.1) is 17.9 Å². The van der Waals surface area contributed by atoms with Crippen LogP contribution in [0.3, 0.4) is 0 Å². The van der Waals surface area contributed by atoms with E-state index in [-0.39, 0.29) is 5.69 Å². The molecule has 1 aromatic heterocycles. The molecule has 2 rings (SSSR count). The van der Waals surface area contributed by atoms with Crippen LogP contribution in [0.4, 0.5) is 5.69 Å². The molecular formula is C17H18N2O4. The van der Waals surface area contributed by atoms with Crippen molar-refractivity contribution in [3.8, 4) is 0 Å². The molecule has 6 heteroatoms. The van der Waals surface area contributed by atoms with Gasteiger partial charge in [0.2, 0.25) is 0 Å². The van der Waals surface area contributed by atoms with Gasteiger partial charge in [-0.2, -0.15) is 0 Å². The van der Waals surface area contributed by atoms with Crippen molar-refractivity contribution < 1.29 is 19.1 Å². The fraction of sp³-hybridized carbons (Fsp3) is 0.235. The zero-order valence-corrected chi connectivity index (χ0v) is 12.8. The molecule has 2 N–H and O–H groups in total. The van der Waals surface area contributed by atoms with Crippen molar-refractivity contribution >= 4 is 23.9 Å². The summed E-state index contributed by atoms with van der Waals surface area (Å²) in [5, 5.41) is 2.65. The van der Waals surface area contributed by atoms with Crippen LogP contribution >= 0.6 is 0 Å². The summed E-state index contributed by atoms with van der Waals surface area (Å²) < 4.78 is 5.17. The third-order valence-electron chi connectivity index (χ3n) is 3.21. The molecule has 0 fully saturated rings. The maximum absolute atomic E-state index is 12.2. The Bertz CT molecular complexity index is 706. The van der Waals surface area contributed by atoms with Crippen LogP contribution in [0.15, 0.2) is 36.5 Å². The highest BCUT2D eigenvalue weighted by molar-refractivity contribution is 6.07. The van der Waals surface area contributed by atoms with Gasteiger partial charge in [0.25, 0.3) is 5.91 Å². The van der Waals surface area contributed by atoms with E-state index in [9.17, 15) is 14.4 Å². The van der Waals surface area contributed by atoms with E-state index in [1.54, 1.807) is 24.3 Å². The highest BCUT2D eigenvalue weighted by atomic mass is 16.5. The molecule has 120 valence electrons. The number of hydrogen-bond donors (Lipinski definition) is 2. The second-order valence-electron chi connectivity index (χ2n) is 4.95. The maximum Gasteiger partial charge on any atom is 0.340 e. The van der Waals surface area contributed by atoms with E-state index in [0.29, 0.717) is 29.7 Å². The number of para-hydroxylation sites is 1. The van der Waals surface area contributed by atoms with Gasteiger partial charge in [0.15, 0.2) is 6.29 Å². The van der Waals surface area contributed by atoms with Gasteiger partial charge in [-0.25, -0.2) is 4.79 Å². The number of carbonyl (C=O) groups excluding carboxylic acids is 3. The van der Waals surface area contributed by atoms with Gasteiger partial charge in [-0.15, -0.1) is 0 Å². The Morgan fingerprint density at radius 1 is 1.30 bits per heavy atom. The lowest BCUT2D eigenvalue weighted by Crippen LogP contribution is -2.16. The number of aldehydes is 1. The van der Waals surface area contributed by atoms with Crippen molar-refractivity contribution in [2.45, 2.75) is 19.8 Å². The number of ether oxygens (including phenoxy) is 1. The number of nitrogens with one attached hydrogen (secondary N) is 2. The Labute approximate surface area is 133 Å². The van der Waals surface area contributed by atoms with Crippen molar-refractivity contribution in [3.05, 3.63) is 53.3 Å². The molecule has 0 atom stereocenters. The van der Waals surface area contributed by atoms with Gasteiger partial charge in [-0.1, -0.05) is 25.5 Å². The topological polar surface area (TPSA) is 88.3 Å². The number of rotatable bonds is 7. The predicted molar refractivity (Wildman–Crippen MR) is 85.8 cm³/mol. The summed E-state index contributed by atoms with van der Waals surface area (Å²) >= 11 is 0. The second kappa shape index (κ2) is 7.93. The first-order valence-corrected chi connectivity index (χ1v) is 7.36. The zero-order valence-electron chi connectivity index (χ0n) is 12.8. The van der Waals surface area contributed by atoms with Crippen LogP contribution in [0.25, 0.3) is 0 Å². The first-order valence-electron chi connectivity index (χ1n) is 7.36. The van der Waals surface area contributed by atoms with E-state index >= 15 is 0 Å². The summed E-state index contributed by atoms with van der Waals surface area (Å²) in [4.78, 5) is 37.6. The minimum atomic E-state index is -0.477. The van der Waals surface area contributed by atoms with E-state index in [1.807, 2.05) is 6.92 Å². The number of benzene rings is 1. The van der Waals surface area contributed by atoms with Crippen molar-refractivity contribution in [1.82, 2.24) is 4.98 Å². The lowest BCUT2D eigenvalue weighted by molar-refractivity contribution is 0.0501. The van der Waals surface area contributed by atoms with Gasteiger partial charge in [0.1, 0.15) is 5.69 Å². The van der Waals surface area contributed by atoms with E-state index in [0.717, 1.165) is 12.8 Å². The third-order valence-corrected chi connectivity index (χ3v) is 3.21. The number of H-pyrrole nitrogens is 1. The molecule has 2 aromatic rings. The number of hydrogen-bond acceptors (Lipinski definition) is 4. The van der Waals surface area contributed by atoms with Gasteiger partial charge in [-0.05, 0) is 24.6 Å². The minimum absolute atomic E-state index is 0.237. The number of amides is 1. The summed E-state index contributed by atoms with van der Waals surface area (Å²) in [5.41, 5.74) is 1.27.